The SMILES string of the molecule is COC(=O)[C@@H]1CC[C@@H]2[C@H]3CC[C@@H]4N(C)C(=O)C(F)C[C@@]4(C)[C@@H]3CC[C@]21C. The largest absolute Gasteiger partial charge is 0.469 e. The molecule has 0 aromatic rings. The number of halogens is 1. The maximum atomic E-state index is 14.5. The Balaban J connectivity index is 1.64. The van der Waals surface area contributed by atoms with E-state index in [4.69, 9.17) is 4.74 Å². The summed E-state index contributed by atoms with van der Waals surface area (Å²) in [4.78, 5) is 26.2. The summed E-state index contributed by atoms with van der Waals surface area (Å²) < 4.78 is 19.6. The maximum absolute atomic E-state index is 14.5. The van der Waals surface area contributed by atoms with Crippen LogP contribution in [0.4, 0.5) is 4.39 Å². The van der Waals surface area contributed by atoms with Crippen molar-refractivity contribution in [3.63, 3.8) is 0 Å². The number of amides is 1. The van der Waals surface area contributed by atoms with Gasteiger partial charge in [-0.3, -0.25) is 9.59 Å². The number of nitrogens with zero attached hydrogens (tertiary/aromatic N) is 1. The number of fused-ring (bicyclic) bond motifs is 5. The van der Waals surface area contributed by atoms with Crippen LogP contribution in [-0.2, 0) is 14.3 Å². The van der Waals surface area contributed by atoms with E-state index in [-0.39, 0.29) is 34.7 Å². The summed E-state index contributed by atoms with van der Waals surface area (Å²) in [6.45, 7) is 4.50. The van der Waals surface area contributed by atoms with Crippen LogP contribution in [0.5, 0.6) is 0 Å². The first-order valence-corrected chi connectivity index (χ1v) is 10.2. The number of methoxy groups -OCH3 is 1. The molecular formula is C21H32FNO3. The molecule has 1 amide bonds. The van der Waals surface area contributed by atoms with Crippen LogP contribution < -0.4 is 0 Å². The van der Waals surface area contributed by atoms with Gasteiger partial charge < -0.3 is 9.64 Å². The van der Waals surface area contributed by atoms with E-state index in [0.717, 1.165) is 38.5 Å². The predicted molar refractivity (Wildman–Crippen MR) is 96.0 cm³/mol. The van der Waals surface area contributed by atoms with Crippen molar-refractivity contribution in [2.24, 2.45) is 34.5 Å². The normalized spacial score (nSPS) is 50.7. The van der Waals surface area contributed by atoms with E-state index in [0.29, 0.717) is 24.2 Å². The van der Waals surface area contributed by atoms with E-state index in [1.54, 1.807) is 11.9 Å². The molecule has 4 rings (SSSR count). The molecule has 1 heterocycles. The van der Waals surface area contributed by atoms with Crippen molar-refractivity contribution in [3.8, 4) is 0 Å². The van der Waals surface area contributed by atoms with Gasteiger partial charge in [0.2, 0.25) is 0 Å². The molecule has 3 saturated carbocycles. The monoisotopic (exact) mass is 365 g/mol. The van der Waals surface area contributed by atoms with Crippen molar-refractivity contribution in [1.82, 2.24) is 4.90 Å². The second-order valence-electron chi connectivity index (χ2n) is 9.79. The molecule has 4 aliphatic rings. The third-order valence-corrected chi connectivity index (χ3v) is 9.01. The van der Waals surface area contributed by atoms with Gasteiger partial charge in [-0.05, 0) is 73.5 Å². The summed E-state index contributed by atoms with van der Waals surface area (Å²) in [6.07, 6.45) is 5.09. The van der Waals surface area contributed by atoms with Crippen LogP contribution >= 0.6 is 0 Å². The zero-order valence-corrected chi connectivity index (χ0v) is 16.5. The molecule has 1 saturated heterocycles. The number of carbonyl (C=O) groups excluding carboxylic acids is 2. The van der Waals surface area contributed by atoms with Crippen molar-refractivity contribution in [1.29, 1.82) is 0 Å². The Morgan fingerprint density at radius 1 is 1.12 bits per heavy atom. The summed E-state index contributed by atoms with van der Waals surface area (Å²) >= 11 is 0. The van der Waals surface area contributed by atoms with Gasteiger partial charge in [-0.1, -0.05) is 13.8 Å². The van der Waals surface area contributed by atoms with E-state index in [2.05, 4.69) is 13.8 Å². The first-order valence-electron chi connectivity index (χ1n) is 10.2. The summed E-state index contributed by atoms with van der Waals surface area (Å²) in [5.41, 5.74) is -0.126. The molecule has 0 aromatic carbocycles. The number of esters is 1. The fraction of sp³-hybridized carbons (Fsp3) is 0.905. The number of rotatable bonds is 1. The van der Waals surface area contributed by atoms with Crippen LogP contribution in [0.2, 0.25) is 0 Å². The van der Waals surface area contributed by atoms with Gasteiger partial charge in [0.15, 0.2) is 6.17 Å². The molecule has 0 N–H and O–H groups in total. The van der Waals surface area contributed by atoms with E-state index < -0.39 is 6.17 Å². The molecule has 1 aliphatic heterocycles. The third-order valence-electron chi connectivity index (χ3n) is 9.01. The van der Waals surface area contributed by atoms with E-state index in [1.807, 2.05) is 0 Å². The fourth-order valence-electron chi connectivity index (χ4n) is 7.74. The van der Waals surface area contributed by atoms with Crippen molar-refractivity contribution < 1.29 is 18.7 Å². The van der Waals surface area contributed by atoms with Crippen LogP contribution in [0.15, 0.2) is 0 Å². The smallest absolute Gasteiger partial charge is 0.309 e. The van der Waals surface area contributed by atoms with Crippen LogP contribution in [0.3, 0.4) is 0 Å². The Morgan fingerprint density at radius 3 is 2.50 bits per heavy atom. The molecule has 0 aromatic heterocycles. The quantitative estimate of drug-likeness (QED) is 0.667. The molecule has 5 heteroatoms. The number of hydrogen-bond acceptors (Lipinski definition) is 3. The Bertz CT molecular complexity index is 624. The molecule has 0 bridgehead atoms. The van der Waals surface area contributed by atoms with E-state index in [1.165, 1.54) is 7.11 Å². The Kier molecular flexibility index (Phi) is 4.16. The average molecular weight is 365 g/mol. The topological polar surface area (TPSA) is 46.6 Å². The summed E-state index contributed by atoms with van der Waals surface area (Å²) in [5.74, 6) is 1.12. The summed E-state index contributed by atoms with van der Waals surface area (Å²) in [5, 5.41) is 0. The van der Waals surface area contributed by atoms with E-state index in [9.17, 15) is 14.0 Å². The van der Waals surface area contributed by atoms with Crippen molar-refractivity contribution in [3.05, 3.63) is 0 Å². The van der Waals surface area contributed by atoms with Crippen LogP contribution in [0.25, 0.3) is 0 Å². The highest BCUT2D eigenvalue weighted by Crippen LogP contribution is 2.66. The summed E-state index contributed by atoms with van der Waals surface area (Å²) in [7, 11) is 3.28. The van der Waals surface area contributed by atoms with Gasteiger partial charge in [-0.2, -0.15) is 0 Å². The van der Waals surface area contributed by atoms with Gasteiger partial charge in [-0.25, -0.2) is 4.39 Å². The van der Waals surface area contributed by atoms with Gasteiger partial charge in [0.1, 0.15) is 0 Å². The number of hydrogen-bond donors (Lipinski definition) is 0. The number of ether oxygens (including phenoxy) is 1. The van der Waals surface area contributed by atoms with Gasteiger partial charge in [-0.15, -0.1) is 0 Å². The molecule has 3 aliphatic carbocycles. The van der Waals surface area contributed by atoms with Crippen LogP contribution in [0, 0.1) is 34.5 Å². The molecular weight excluding hydrogens is 333 g/mol. The average Bonchev–Trinajstić information content (AvgIpc) is 2.96. The first kappa shape index (κ1) is 18.2. The number of piperidine rings is 1. The lowest BCUT2D eigenvalue weighted by atomic mass is 9.46. The Morgan fingerprint density at radius 2 is 1.81 bits per heavy atom. The minimum absolute atomic E-state index is 0.00788. The van der Waals surface area contributed by atoms with Gasteiger partial charge in [0.05, 0.1) is 13.0 Å². The molecule has 0 radical (unpaired) electrons. The van der Waals surface area contributed by atoms with Crippen LogP contribution in [0.1, 0.15) is 58.8 Å². The highest BCUT2D eigenvalue weighted by molar-refractivity contribution is 5.82. The van der Waals surface area contributed by atoms with Crippen LogP contribution in [-0.4, -0.2) is 43.1 Å². The summed E-state index contributed by atoms with van der Waals surface area (Å²) in [6, 6.07) is 0.158. The van der Waals surface area contributed by atoms with Crippen molar-refractivity contribution >= 4 is 11.9 Å². The standard InChI is InChI=1S/C21H32FNO3/c1-20-10-9-14-12(13(20)6-7-15(20)19(25)26-4)5-8-17-21(14,2)11-16(22)18(24)23(17)3/h12-17H,5-11H2,1-4H3/t12-,13-,14-,15+,16?,17+,20-,21+/m1/s1. The van der Waals surface area contributed by atoms with Gasteiger partial charge in [0, 0.05) is 13.1 Å². The highest BCUT2D eigenvalue weighted by atomic mass is 19.1. The molecule has 8 atom stereocenters. The van der Waals surface area contributed by atoms with Crippen molar-refractivity contribution in [2.45, 2.75) is 71.0 Å². The van der Waals surface area contributed by atoms with Gasteiger partial charge in [0.25, 0.3) is 5.91 Å². The zero-order chi connectivity index (χ0) is 18.9. The second kappa shape index (κ2) is 5.93. The Hall–Kier alpha value is -1.13. The maximum Gasteiger partial charge on any atom is 0.309 e. The molecule has 146 valence electrons. The lowest BCUT2D eigenvalue weighted by Crippen LogP contribution is -2.64. The van der Waals surface area contributed by atoms with E-state index >= 15 is 0 Å². The first-order chi connectivity index (χ1) is 12.2. The third kappa shape index (κ3) is 2.24. The molecule has 1 unspecified atom stereocenters. The number of likely N-dealkylation sites (tertiary alicyclic amines) is 1. The fourth-order valence-corrected chi connectivity index (χ4v) is 7.74. The predicted octanol–water partition coefficient (Wildman–Crippen LogP) is 3.59. The number of carbonyl (C=O) groups is 2. The molecule has 0 spiro atoms. The lowest BCUT2D eigenvalue weighted by Gasteiger charge is -2.62. The minimum Gasteiger partial charge on any atom is -0.469 e. The minimum atomic E-state index is -1.36. The second-order valence-corrected chi connectivity index (χ2v) is 9.79. The molecule has 4 nitrogen and oxygen atoms in total. The highest BCUT2D eigenvalue weighted by Gasteiger charge is 2.63. The molecule has 26 heavy (non-hydrogen) atoms. The van der Waals surface area contributed by atoms with Crippen molar-refractivity contribution in [2.75, 3.05) is 14.2 Å². The molecule has 4 fully saturated rings. The number of alkyl halides is 1. The van der Waals surface area contributed by atoms with Gasteiger partial charge >= 0.3 is 5.97 Å². The lowest BCUT2D eigenvalue weighted by molar-refractivity contribution is -0.171. The zero-order valence-electron chi connectivity index (χ0n) is 16.5. The Labute approximate surface area is 155 Å².